The normalized spacial score (nSPS) is 13.0. The zero-order chi connectivity index (χ0) is 15.1. The number of hydrogen-bond acceptors (Lipinski definition) is 2. The lowest BCUT2D eigenvalue weighted by molar-refractivity contribution is 0.184. The van der Waals surface area contributed by atoms with Gasteiger partial charge in [0.1, 0.15) is 0 Å². The Morgan fingerprint density at radius 1 is 1.19 bits per heavy atom. The molecule has 110 valence electrons. The van der Waals surface area contributed by atoms with E-state index < -0.39 is 6.10 Å². The fraction of sp³-hybridized carbons (Fsp3) is 0.235. The van der Waals surface area contributed by atoms with Crippen molar-refractivity contribution in [1.29, 1.82) is 0 Å². The van der Waals surface area contributed by atoms with E-state index in [1.165, 1.54) is 0 Å². The van der Waals surface area contributed by atoms with Gasteiger partial charge in [0.05, 0.1) is 12.6 Å². The van der Waals surface area contributed by atoms with Crippen LogP contribution >= 0.6 is 0 Å². The molecule has 0 fully saturated rings. The Morgan fingerprint density at radius 2 is 1.95 bits per heavy atom. The number of benzene rings is 2. The monoisotopic (exact) mass is 283 g/mol. The molecule has 0 spiro atoms. The summed E-state index contributed by atoms with van der Waals surface area (Å²) in [7, 11) is 0. The van der Waals surface area contributed by atoms with E-state index in [4.69, 9.17) is 5.73 Å². The number of aliphatic hydroxyl groups is 1. The number of aliphatic hydroxyl groups excluding tert-OH is 1. The first-order valence-corrected chi connectivity index (χ1v) is 6.99. The van der Waals surface area contributed by atoms with Crippen LogP contribution in [0.4, 0.5) is 5.69 Å². The molecule has 21 heavy (non-hydrogen) atoms. The number of aryl methyl sites for hydroxylation is 1. The summed E-state index contributed by atoms with van der Waals surface area (Å²) in [4.78, 5) is 4.18. The van der Waals surface area contributed by atoms with Gasteiger partial charge in [0.15, 0.2) is 5.96 Å². The standard InChI is InChI=1S/C17H21N3O/c1-13-6-5-9-15(10-13)20-17(18)19-12-16(21)11-14-7-3-2-4-8-14/h2-10,16,21H,11-12H2,1H3,(H3,18,19,20). The first-order valence-electron chi connectivity index (χ1n) is 6.99. The molecule has 0 heterocycles. The fourth-order valence-corrected chi connectivity index (χ4v) is 2.06. The third-order valence-corrected chi connectivity index (χ3v) is 3.08. The Morgan fingerprint density at radius 3 is 2.67 bits per heavy atom. The summed E-state index contributed by atoms with van der Waals surface area (Å²) in [6, 6.07) is 17.7. The molecule has 4 heteroatoms. The van der Waals surface area contributed by atoms with Crippen LogP contribution in [-0.2, 0) is 6.42 Å². The van der Waals surface area contributed by atoms with Crippen molar-refractivity contribution in [2.45, 2.75) is 19.4 Å². The van der Waals surface area contributed by atoms with Gasteiger partial charge in [-0.25, -0.2) is 0 Å². The first-order chi connectivity index (χ1) is 10.1. The fourth-order valence-electron chi connectivity index (χ4n) is 2.06. The molecule has 2 rings (SSSR count). The average molecular weight is 283 g/mol. The molecule has 0 aliphatic rings. The van der Waals surface area contributed by atoms with Gasteiger partial charge in [-0.05, 0) is 30.2 Å². The van der Waals surface area contributed by atoms with E-state index in [0.717, 1.165) is 16.8 Å². The minimum Gasteiger partial charge on any atom is -0.391 e. The Bertz CT molecular complexity index is 596. The van der Waals surface area contributed by atoms with Crippen LogP contribution in [0.3, 0.4) is 0 Å². The maximum Gasteiger partial charge on any atom is 0.193 e. The Balaban J connectivity index is 1.85. The molecule has 0 amide bonds. The Kier molecular flexibility index (Phi) is 5.35. The summed E-state index contributed by atoms with van der Waals surface area (Å²) in [6.07, 6.45) is 0.0347. The molecule has 0 aliphatic carbocycles. The van der Waals surface area contributed by atoms with Gasteiger partial charge in [0.2, 0.25) is 0 Å². The van der Waals surface area contributed by atoms with Gasteiger partial charge in [-0.3, -0.25) is 4.99 Å². The lowest BCUT2D eigenvalue weighted by Gasteiger charge is -2.10. The van der Waals surface area contributed by atoms with Gasteiger partial charge in [0.25, 0.3) is 0 Å². The van der Waals surface area contributed by atoms with Gasteiger partial charge < -0.3 is 16.2 Å². The van der Waals surface area contributed by atoms with Crippen LogP contribution in [0.2, 0.25) is 0 Å². The van der Waals surface area contributed by atoms with E-state index in [1.807, 2.05) is 61.5 Å². The Labute approximate surface area is 125 Å². The second kappa shape index (κ2) is 7.45. The number of nitrogens with zero attached hydrogens (tertiary/aromatic N) is 1. The Hall–Kier alpha value is -2.33. The summed E-state index contributed by atoms with van der Waals surface area (Å²) < 4.78 is 0. The smallest absolute Gasteiger partial charge is 0.193 e. The van der Waals surface area contributed by atoms with Gasteiger partial charge in [-0.1, -0.05) is 42.5 Å². The van der Waals surface area contributed by atoms with Crippen LogP contribution in [0.25, 0.3) is 0 Å². The highest BCUT2D eigenvalue weighted by molar-refractivity contribution is 5.92. The van der Waals surface area contributed by atoms with Gasteiger partial charge in [0, 0.05) is 12.1 Å². The van der Waals surface area contributed by atoms with Crippen LogP contribution < -0.4 is 11.1 Å². The van der Waals surface area contributed by atoms with Crippen molar-refractivity contribution in [3.05, 3.63) is 65.7 Å². The summed E-state index contributed by atoms with van der Waals surface area (Å²) in [5.41, 5.74) is 8.96. The lowest BCUT2D eigenvalue weighted by Crippen LogP contribution is -2.25. The van der Waals surface area contributed by atoms with Crippen LogP contribution in [0.15, 0.2) is 59.6 Å². The minimum atomic E-state index is -0.537. The predicted molar refractivity (Wildman–Crippen MR) is 87.4 cm³/mol. The van der Waals surface area contributed by atoms with Crippen LogP contribution in [0.5, 0.6) is 0 Å². The zero-order valence-electron chi connectivity index (χ0n) is 12.2. The van der Waals surface area contributed by atoms with E-state index in [0.29, 0.717) is 12.4 Å². The highest BCUT2D eigenvalue weighted by Crippen LogP contribution is 2.09. The van der Waals surface area contributed by atoms with Gasteiger partial charge >= 0.3 is 0 Å². The number of nitrogens with one attached hydrogen (secondary N) is 1. The van der Waals surface area contributed by atoms with E-state index in [9.17, 15) is 5.11 Å². The third kappa shape index (κ3) is 5.28. The largest absolute Gasteiger partial charge is 0.391 e. The summed E-state index contributed by atoms with van der Waals surface area (Å²) >= 11 is 0. The molecule has 0 aromatic heterocycles. The molecule has 0 aliphatic heterocycles. The molecule has 0 saturated heterocycles. The number of guanidine groups is 1. The number of nitrogens with two attached hydrogens (primary N) is 1. The second-order valence-electron chi connectivity index (χ2n) is 5.06. The molecule has 2 aromatic rings. The van der Waals surface area contributed by atoms with E-state index in [2.05, 4.69) is 10.3 Å². The molecule has 4 N–H and O–H groups in total. The van der Waals surface area contributed by atoms with Crippen LogP contribution in [0.1, 0.15) is 11.1 Å². The van der Waals surface area contributed by atoms with Crippen molar-refractivity contribution >= 4 is 11.6 Å². The topological polar surface area (TPSA) is 70.6 Å². The number of aliphatic imine (C=N–C) groups is 1. The van der Waals surface area contributed by atoms with Gasteiger partial charge in [-0.15, -0.1) is 0 Å². The average Bonchev–Trinajstić information content (AvgIpc) is 2.46. The lowest BCUT2D eigenvalue weighted by atomic mass is 10.1. The van der Waals surface area contributed by atoms with Crippen LogP contribution in [-0.4, -0.2) is 23.7 Å². The molecule has 0 bridgehead atoms. The van der Waals surface area contributed by atoms with Gasteiger partial charge in [-0.2, -0.15) is 0 Å². The molecular weight excluding hydrogens is 262 g/mol. The first kappa shape index (κ1) is 15.1. The summed E-state index contributed by atoms with van der Waals surface area (Å²) in [6.45, 7) is 2.29. The van der Waals surface area contributed by atoms with Crippen molar-refractivity contribution in [1.82, 2.24) is 0 Å². The van der Waals surface area contributed by atoms with Crippen LogP contribution in [0, 0.1) is 6.92 Å². The summed E-state index contributed by atoms with van der Waals surface area (Å²) in [5.74, 6) is 0.313. The molecular formula is C17H21N3O. The van der Waals surface area contributed by atoms with E-state index in [-0.39, 0.29) is 6.54 Å². The highest BCUT2D eigenvalue weighted by atomic mass is 16.3. The van der Waals surface area contributed by atoms with Crippen molar-refractivity contribution in [2.24, 2.45) is 10.7 Å². The molecule has 0 radical (unpaired) electrons. The SMILES string of the molecule is Cc1cccc(NC(N)=NCC(O)Cc2ccccc2)c1. The number of rotatable bonds is 5. The van der Waals surface area contributed by atoms with E-state index >= 15 is 0 Å². The quantitative estimate of drug-likeness (QED) is 0.582. The highest BCUT2D eigenvalue weighted by Gasteiger charge is 2.05. The number of hydrogen-bond donors (Lipinski definition) is 3. The predicted octanol–water partition coefficient (Wildman–Crippen LogP) is 2.33. The molecule has 4 nitrogen and oxygen atoms in total. The molecule has 2 aromatic carbocycles. The van der Waals surface area contributed by atoms with Crippen molar-refractivity contribution in [3.63, 3.8) is 0 Å². The number of anilines is 1. The minimum absolute atomic E-state index is 0.277. The van der Waals surface area contributed by atoms with E-state index in [1.54, 1.807) is 0 Å². The maximum absolute atomic E-state index is 9.97. The molecule has 1 atom stereocenters. The molecule has 1 unspecified atom stereocenters. The molecule has 0 saturated carbocycles. The third-order valence-electron chi connectivity index (χ3n) is 3.08. The zero-order valence-corrected chi connectivity index (χ0v) is 12.2. The van der Waals surface area contributed by atoms with Crippen molar-refractivity contribution < 1.29 is 5.11 Å². The summed E-state index contributed by atoms with van der Waals surface area (Å²) in [5, 5.41) is 13.0. The van der Waals surface area contributed by atoms with Crippen molar-refractivity contribution in [3.8, 4) is 0 Å². The maximum atomic E-state index is 9.97. The second-order valence-corrected chi connectivity index (χ2v) is 5.06. The van der Waals surface area contributed by atoms with Crippen molar-refractivity contribution in [2.75, 3.05) is 11.9 Å².